The molecule has 3 N–H and O–H groups in total. The van der Waals surface area contributed by atoms with Crippen LogP contribution in [0.2, 0.25) is 0 Å². The van der Waals surface area contributed by atoms with Gasteiger partial charge in [-0.1, -0.05) is 30.3 Å². The van der Waals surface area contributed by atoms with Crippen LogP contribution in [0.3, 0.4) is 0 Å². The molecule has 0 radical (unpaired) electrons. The molecule has 0 atom stereocenters. The first-order valence-corrected chi connectivity index (χ1v) is 7.43. The van der Waals surface area contributed by atoms with Crippen LogP contribution in [0.15, 0.2) is 66.7 Å². The number of nitrogens with one attached hydrogen (secondary N) is 1. The average Bonchev–Trinajstić information content (AvgIpc) is 2.60. The van der Waals surface area contributed by atoms with Crippen molar-refractivity contribution in [3.63, 3.8) is 0 Å². The number of primary amides is 1. The molecule has 3 aromatic rings. The number of hydrogen-bond acceptors (Lipinski definition) is 3. The van der Waals surface area contributed by atoms with Gasteiger partial charge in [0.15, 0.2) is 6.61 Å². The van der Waals surface area contributed by atoms with Crippen molar-refractivity contribution in [2.24, 2.45) is 5.73 Å². The zero-order valence-electron chi connectivity index (χ0n) is 12.9. The Kier molecular flexibility index (Phi) is 4.43. The van der Waals surface area contributed by atoms with Crippen molar-refractivity contribution in [1.82, 2.24) is 0 Å². The molecule has 3 aromatic carbocycles. The fourth-order valence-corrected chi connectivity index (χ4v) is 2.32. The maximum atomic E-state index is 11.9. The highest BCUT2D eigenvalue weighted by molar-refractivity contribution is 5.95. The van der Waals surface area contributed by atoms with E-state index >= 15 is 0 Å². The van der Waals surface area contributed by atoms with E-state index in [1.54, 1.807) is 24.3 Å². The molecule has 0 aliphatic heterocycles. The Morgan fingerprint density at radius 2 is 1.62 bits per heavy atom. The van der Waals surface area contributed by atoms with E-state index in [0.29, 0.717) is 17.0 Å². The standard InChI is InChI=1S/C19H16N2O3/c20-19(23)14-5-8-16(9-6-14)21-18(22)12-24-17-10-7-13-3-1-2-4-15(13)11-17/h1-11H,12H2,(H2,20,23)(H,21,22). The van der Waals surface area contributed by atoms with Crippen LogP contribution < -0.4 is 15.8 Å². The minimum Gasteiger partial charge on any atom is -0.484 e. The zero-order chi connectivity index (χ0) is 16.9. The fraction of sp³-hybridized carbons (Fsp3) is 0.0526. The number of hydrogen-bond donors (Lipinski definition) is 2. The van der Waals surface area contributed by atoms with Crippen LogP contribution in [0.1, 0.15) is 10.4 Å². The first-order chi connectivity index (χ1) is 11.6. The van der Waals surface area contributed by atoms with Crippen molar-refractivity contribution < 1.29 is 14.3 Å². The van der Waals surface area contributed by atoms with Crippen LogP contribution in [0, 0.1) is 0 Å². The van der Waals surface area contributed by atoms with Crippen molar-refractivity contribution in [2.75, 3.05) is 11.9 Å². The molecule has 0 saturated carbocycles. The van der Waals surface area contributed by atoms with Crippen LogP contribution in [-0.4, -0.2) is 18.4 Å². The molecule has 0 aromatic heterocycles. The van der Waals surface area contributed by atoms with Gasteiger partial charge in [-0.25, -0.2) is 0 Å². The molecule has 2 amide bonds. The summed E-state index contributed by atoms with van der Waals surface area (Å²) in [5.41, 5.74) is 6.14. The van der Waals surface area contributed by atoms with Gasteiger partial charge in [-0.3, -0.25) is 9.59 Å². The third kappa shape index (κ3) is 3.70. The van der Waals surface area contributed by atoms with Crippen LogP contribution >= 0.6 is 0 Å². The average molecular weight is 320 g/mol. The van der Waals surface area contributed by atoms with Crippen molar-refractivity contribution in [3.8, 4) is 5.75 Å². The number of amides is 2. The second-order valence-corrected chi connectivity index (χ2v) is 5.29. The first kappa shape index (κ1) is 15.6. The molecule has 5 heteroatoms. The summed E-state index contributed by atoms with van der Waals surface area (Å²) in [6.45, 7) is -0.101. The second kappa shape index (κ2) is 6.83. The summed E-state index contributed by atoms with van der Waals surface area (Å²) < 4.78 is 5.52. The van der Waals surface area contributed by atoms with Gasteiger partial charge in [-0.2, -0.15) is 0 Å². The molecule has 0 aliphatic carbocycles. The van der Waals surface area contributed by atoms with Gasteiger partial charge in [0.2, 0.25) is 5.91 Å². The molecule has 3 rings (SSSR count). The van der Waals surface area contributed by atoms with Gasteiger partial charge in [0.05, 0.1) is 0 Å². The number of benzene rings is 3. The molecule has 5 nitrogen and oxygen atoms in total. The summed E-state index contributed by atoms with van der Waals surface area (Å²) in [5.74, 6) is -0.157. The zero-order valence-corrected chi connectivity index (χ0v) is 12.9. The molecule has 0 aliphatic rings. The summed E-state index contributed by atoms with van der Waals surface area (Å²) in [4.78, 5) is 22.9. The van der Waals surface area contributed by atoms with Gasteiger partial charge >= 0.3 is 0 Å². The fourth-order valence-electron chi connectivity index (χ4n) is 2.32. The number of nitrogens with two attached hydrogens (primary N) is 1. The lowest BCUT2D eigenvalue weighted by Gasteiger charge is -2.08. The van der Waals surface area contributed by atoms with E-state index in [-0.39, 0.29) is 12.5 Å². The monoisotopic (exact) mass is 320 g/mol. The molecule has 0 fully saturated rings. The largest absolute Gasteiger partial charge is 0.484 e. The maximum Gasteiger partial charge on any atom is 0.262 e. The molecule has 0 unspecified atom stereocenters. The van der Waals surface area contributed by atoms with E-state index in [1.165, 1.54) is 0 Å². The van der Waals surface area contributed by atoms with E-state index < -0.39 is 5.91 Å². The third-order valence-electron chi connectivity index (χ3n) is 3.54. The maximum absolute atomic E-state index is 11.9. The number of carbonyl (C=O) groups is 2. The number of rotatable bonds is 5. The number of anilines is 1. The molecule has 0 saturated heterocycles. The van der Waals surface area contributed by atoms with E-state index in [1.807, 2.05) is 42.5 Å². The molecular weight excluding hydrogens is 304 g/mol. The van der Waals surface area contributed by atoms with Crippen molar-refractivity contribution in [3.05, 3.63) is 72.3 Å². The van der Waals surface area contributed by atoms with Gasteiger partial charge in [-0.05, 0) is 47.2 Å². The van der Waals surface area contributed by atoms with Gasteiger partial charge in [0.25, 0.3) is 5.91 Å². The SMILES string of the molecule is NC(=O)c1ccc(NC(=O)COc2ccc3ccccc3c2)cc1. The summed E-state index contributed by atoms with van der Waals surface area (Å²) in [6.07, 6.45) is 0. The smallest absolute Gasteiger partial charge is 0.262 e. The normalized spacial score (nSPS) is 10.3. The highest BCUT2D eigenvalue weighted by Crippen LogP contribution is 2.20. The molecule has 0 bridgehead atoms. The Labute approximate surface area is 139 Å². The summed E-state index contributed by atoms with van der Waals surface area (Å²) in [5, 5.41) is 4.87. The highest BCUT2D eigenvalue weighted by atomic mass is 16.5. The first-order valence-electron chi connectivity index (χ1n) is 7.43. The van der Waals surface area contributed by atoms with Gasteiger partial charge in [0, 0.05) is 11.3 Å². The summed E-state index contributed by atoms with van der Waals surface area (Å²) >= 11 is 0. The Bertz CT molecular complexity index is 889. The second-order valence-electron chi connectivity index (χ2n) is 5.29. The Morgan fingerprint density at radius 1 is 0.917 bits per heavy atom. The lowest BCUT2D eigenvalue weighted by Crippen LogP contribution is -2.20. The van der Waals surface area contributed by atoms with Crippen molar-refractivity contribution in [2.45, 2.75) is 0 Å². The van der Waals surface area contributed by atoms with Crippen LogP contribution in [0.5, 0.6) is 5.75 Å². The minimum absolute atomic E-state index is 0.101. The van der Waals surface area contributed by atoms with E-state index in [4.69, 9.17) is 10.5 Å². The molecule has 0 spiro atoms. The van der Waals surface area contributed by atoms with Crippen LogP contribution in [-0.2, 0) is 4.79 Å². The van der Waals surface area contributed by atoms with Crippen molar-refractivity contribution in [1.29, 1.82) is 0 Å². The van der Waals surface area contributed by atoms with E-state index in [0.717, 1.165) is 10.8 Å². The summed E-state index contributed by atoms with van der Waals surface area (Å²) in [6, 6.07) is 20.0. The number of ether oxygens (including phenoxy) is 1. The summed E-state index contributed by atoms with van der Waals surface area (Å²) in [7, 11) is 0. The number of carbonyl (C=O) groups excluding carboxylic acids is 2. The Hall–Kier alpha value is -3.34. The van der Waals surface area contributed by atoms with Crippen LogP contribution in [0.25, 0.3) is 10.8 Å². The number of fused-ring (bicyclic) bond motifs is 1. The lowest BCUT2D eigenvalue weighted by molar-refractivity contribution is -0.118. The quantitative estimate of drug-likeness (QED) is 0.758. The predicted molar refractivity (Wildman–Crippen MR) is 93.0 cm³/mol. The van der Waals surface area contributed by atoms with Gasteiger partial charge in [0.1, 0.15) is 5.75 Å². The predicted octanol–water partition coefficient (Wildman–Crippen LogP) is 2.96. The Balaban J connectivity index is 1.59. The minimum atomic E-state index is -0.507. The Morgan fingerprint density at radius 3 is 2.33 bits per heavy atom. The molecular formula is C19H16N2O3. The van der Waals surface area contributed by atoms with Crippen LogP contribution in [0.4, 0.5) is 5.69 Å². The molecule has 0 heterocycles. The van der Waals surface area contributed by atoms with Crippen molar-refractivity contribution >= 4 is 28.3 Å². The van der Waals surface area contributed by atoms with Gasteiger partial charge in [-0.15, -0.1) is 0 Å². The third-order valence-corrected chi connectivity index (χ3v) is 3.54. The molecule has 120 valence electrons. The van der Waals surface area contributed by atoms with E-state index in [2.05, 4.69) is 5.32 Å². The topological polar surface area (TPSA) is 81.4 Å². The highest BCUT2D eigenvalue weighted by Gasteiger charge is 2.05. The van der Waals surface area contributed by atoms with Gasteiger partial charge < -0.3 is 15.8 Å². The lowest BCUT2D eigenvalue weighted by atomic mass is 10.1. The van der Waals surface area contributed by atoms with E-state index in [9.17, 15) is 9.59 Å². The molecule has 24 heavy (non-hydrogen) atoms.